The zero-order chi connectivity index (χ0) is 29.8. The van der Waals surface area contributed by atoms with Crippen molar-refractivity contribution in [2.45, 2.75) is 45.6 Å². The molecule has 0 unspecified atom stereocenters. The third kappa shape index (κ3) is 5.13. The van der Waals surface area contributed by atoms with Crippen molar-refractivity contribution in [2.75, 3.05) is 24.6 Å². The van der Waals surface area contributed by atoms with Crippen molar-refractivity contribution in [2.24, 2.45) is 11.7 Å². The van der Waals surface area contributed by atoms with E-state index >= 15 is 0 Å². The predicted octanol–water partition coefficient (Wildman–Crippen LogP) is 4.26. The zero-order valence-corrected chi connectivity index (χ0v) is 23.0. The van der Waals surface area contributed by atoms with Gasteiger partial charge in [-0.1, -0.05) is 0 Å². The van der Waals surface area contributed by atoms with Crippen LogP contribution in [0.15, 0.2) is 42.9 Å². The van der Waals surface area contributed by atoms with Crippen LogP contribution in [0, 0.1) is 18.7 Å². The van der Waals surface area contributed by atoms with Gasteiger partial charge in [0.15, 0.2) is 23.1 Å². The van der Waals surface area contributed by atoms with Crippen LogP contribution in [0.5, 0.6) is 5.75 Å². The first-order valence-corrected chi connectivity index (χ1v) is 13.6. The molecule has 6 rings (SSSR count). The van der Waals surface area contributed by atoms with Gasteiger partial charge in [-0.05, 0) is 43.7 Å². The SMILES string of the molecule is CCn1cc(-c2cc(Cn3ccnc3C)cc3c2OC[C@H](Cc2ccc(F)c(N4CC(N)C4)n2)C3=O)c(C(F)(F)F)n1. The first-order chi connectivity index (χ1) is 20.0. The highest BCUT2D eigenvalue weighted by Gasteiger charge is 2.40. The van der Waals surface area contributed by atoms with E-state index in [1.165, 1.54) is 23.0 Å². The van der Waals surface area contributed by atoms with Crippen LogP contribution in [0.4, 0.5) is 23.4 Å². The first kappa shape index (κ1) is 27.9. The number of ketones is 1. The number of imidazole rings is 1. The Morgan fingerprint density at radius 1 is 1.14 bits per heavy atom. The number of nitrogens with two attached hydrogens (primary N) is 1. The van der Waals surface area contributed by atoms with Gasteiger partial charge in [0.1, 0.15) is 11.6 Å². The fourth-order valence-corrected chi connectivity index (χ4v) is 5.45. The van der Waals surface area contributed by atoms with Crippen LogP contribution < -0.4 is 15.4 Å². The summed E-state index contributed by atoms with van der Waals surface area (Å²) in [7, 11) is 0. The van der Waals surface area contributed by atoms with Crippen LogP contribution in [0.1, 0.15) is 40.1 Å². The molecule has 2 N–H and O–H groups in total. The van der Waals surface area contributed by atoms with E-state index < -0.39 is 23.6 Å². The standard InChI is InChI=1S/C29H29F4N7O2/c1-3-40-14-23(27(37-40)29(31,32)33)21-8-17(11-38-7-6-35-16(38)2)9-22-25(41)18(15-42-26(21)22)10-20-4-5-24(30)28(36-20)39-12-19(34)13-39/h4-9,14,18-19H,3,10-13,15,34H2,1-2H3/t18-/m0/s1. The van der Waals surface area contributed by atoms with Crippen LogP contribution in [-0.4, -0.2) is 55.8 Å². The number of Topliss-reactive ketones (excluding diaryl/α,β-unsaturated/α-hetero) is 1. The van der Waals surface area contributed by atoms with Crippen molar-refractivity contribution < 1.29 is 27.1 Å². The van der Waals surface area contributed by atoms with Gasteiger partial charge in [0.2, 0.25) is 0 Å². The summed E-state index contributed by atoms with van der Waals surface area (Å²) in [6.45, 7) is 4.94. The lowest BCUT2D eigenvalue weighted by atomic mass is 9.87. The normalized spacial score (nSPS) is 17.3. The predicted molar refractivity (Wildman–Crippen MR) is 146 cm³/mol. The van der Waals surface area contributed by atoms with Gasteiger partial charge in [-0.2, -0.15) is 18.3 Å². The van der Waals surface area contributed by atoms with E-state index in [9.17, 15) is 22.4 Å². The number of hydrogen-bond acceptors (Lipinski definition) is 7. The highest BCUT2D eigenvalue weighted by molar-refractivity contribution is 6.04. The second-order valence-corrected chi connectivity index (χ2v) is 10.7. The molecule has 0 aliphatic carbocycles. The maximum Gasteiger partial charge on any atom is 0.435 e. The summed E-state index contributed by atoms with van der Waals surface area (Å²) >= 11 is 0. The van der Waals surface area contributed by atoms with Crippen molar-refractivity contribution in [3.05, 3.63) is 77.0 Å². The lowest BCUT2D eigenvalue weighted by molar-refractivity contribution is -0.141. The summed E-state index contributed by atoms with van der Waals surface area (Å²) < 4.78 is 65.8. The van der Waals surface area contributed by atoms with Gasteiger partial charge < -0.3 is 19.9 Å². The Morgan fingerprint density at radius 3 is 2.57 bits per heavy atom. The van der Waals surface area contributed by atoms with Crippen LogP contribution in [0.25, 0.3) is 11.1 Å². The third-order valence-corrected chi connectivity index (χ3v) is 7.68. The molecule has 42 heavy (non-hydrogen) atoms. The Kier molecular flexibility index (Phi) is 7.00. The minimum absolute atomic E-state index is 0.0449. The zero-order valence-electron chi connectivity index (χ0n) is 23.0. The molecule has 0 radical (unpaired) electrons. The monoisotopic (exact) mass is 583 g/mol. The van der Waals surface area contributed by atoms with Crippen molar-refractivity contribution in [3.8, 4) is 16.9 Å². The molecule has 9 nitrogen and oxygen atoms in total. The van der Waals surface area contributed by atoms with E-state index in [0.717, 1.165) is 0 Å². The third-order valence-electron chi connectivity index (χ3n) is 7.68. The van der Waals surface area contributed by atoms with Gasteiger partial charge in [-0.25, -0.2) is 14.4 Å². The van der Waals surface area contributed by atoms with Crippen LogP contribution in [0.2, 0.25) is 0 Å². The molecular formula is C29H29F4N7O2. The molecule has 4 aromatic rings. The number of ether oxygens (including phenoxy) is 1. The number of aryl methyl sites for hydroxylation is 2. The number of carbonyl (C=O) groups excluding carboxylic acids is 1. The van der Waals surface area contributed by atoms with Gasteiger partial charge >= 0.3 is 6.18 Å². The molecule has 0 spiro atoms. The molecule has 2 aliphatic rings. The molecule has 13 heteroatoms. The Balaban J connectivity index is 1.39. The van der Waals surface area contributed by atoms with Crippen LogP contribution in [0.3, 0.4) is 0 Å². The average molecular weight is 584 g/mol. The lowest BCUT2D eigenvalue weighted by Crippen LogP contribution is -2.56. The van der Waals surface area contributed by atoms with E-state index in [1.807, 2.05) is 11.5 Å². The number of hydrogen-bond donors (Lipinski definition) is 1. The molecule has 0 bridgehead atoms. The number of nitrogens with zero attached hydrogens (tertiary/aromatic N) is 6. The molecule has 0 amide bonds. The summed E-state index contributed by atoms with van der Waals surface area (Å²) in [5.74, 6) is -0.431. The van der Waals surface area contributed by atoms with Crippen LogP contribution in [-0.2, 0) is 25.7 Å². The number of fused-ring (bicyclic) bond motifs is 1. The first-order valence-electron chi connectivity index (χ1n) is 13.6. The second kappa shape index (κ2) is 10.5. The number of aromatic nitrogens is 5. The number of anilines is 1. The van der Waals surface area contributed by atoms with Crippen molar-refractivity contribution in [1.82, 2.24) is 24.3 Å². The summed E-state index contributed by atoms with van der Waals surface area (Å²) in [6.07, 6.45) is 0.176. The van der Waals surface area contributed by atoms with Gasteiger partial charge in [-0.15, -0.1) is 0 Å². The Hall–Kier alpha value is -4.26. The van der Waals surface area contributed by atoms with Crippen molar-refractivity contribution >= 4 is 11.6 Å². The van der Waals surface area contributed by atoms with E-state index in [0.29, 0.717) is 30.2 Å². The number of carbonyl (C=O) groups is 1. The molecule has 220 valence electrons. The number of halogens is 4. The highest BCUT2D eigenvalue weighted by Crippen LogP contribution is 2.44. The number of alkyl halides is 3. The highest BCUT2D eigenvalue weighted by atomic mass is 19.4. The van der Waals surface area contributed by atoms with Gasteiger partial charge in [-0.3, -0.25) is 9.48 Å². The molecule has 5 heterocycles. The van der Waals surface area contributed by atoms with E-state index in [4.69, 9.17) is 10.5 Å². The van der Waals surface area contributed by atoms with Gasteiger partial charge in [0, 0.05) is 74.1 Å². The van der Waals surface area contributed by atoms with Crippen molar-refractivity contribution in [1.29, 1.82) is 0 Å². The topological polar surface area (TPSA) is 104 Å². The Bertz CT molecular complexity index is 1660. The number of rotatable bonds is 7. The van der Waals surface area contributed by atoms with Crippen molar-refractivity contribution in [3.63, 3.8) is 0 Å². The molecular weight excluding hydrogens is 554 g/mol. The number of benzene rings is 1. The Labute approximate surface area is 238 Å². The van der Waals surface area contributed by atoms with E-state index in [1.54, 1.807) is 36.4 Å². The van der Waals surface area contributed by atoms with Crippen LogP contribution >= 0.6 is 0 Å². The fourth-order valence-electron chi connectivity index (χ4n) is 5.45. The maximum absolute atomic E-state index is 14.5. The van der Waals surface area contributed by atoms with Gasteiger partial charge in [0.05, 0.1) is 18.1 Å². The number of pyridine rings is 1. The Morgan fingerprint density at radius 2 is 1.90 bits per heavy atom. The molecule has 2 aliphatic heterocycles. The van der Waals surface area contributed by atoms with Gasteiger partial charge in [0.25, 0.3) is 0 Å². The lowest BCUT2D eigenvalue weighted by Gasteiger charge is -2.38. The molecule has 1 fully saturated rings. The molecule has 0 saturated carbocycles. The maximum atomic E-state index is 14.5. The summed E-state index contributed by atoms with van der Waals surface area (Å²) in [6, 6.07) is 6.08. The molecule has 3 aromatic heterocycles. The molecule has 1 aromatic carbocycles. The minimum atomic E-state index is -4.72. The summed E-state index contributed by atoms with van der Waals surface area (Å²) in [5, 5.41) is 3.77. The minimum Gasteiger partial charge on any atom is -0.491 e. The fraction of sp³-hybridized carbons (Fsp3) is 0.379. The summed E-state index contributed by atoms with van der Waals surface area (Å²) in [5.41, 5.74) is 6.08. The molecule has 1 atom stereocenters. The summed E-state index contributed by atoms with van der Waals surface area (Å²) in [4.78, 5) is 24.3. The average Bonchev–Trinajstić information content (AvgIpc) is 3.56. The van der Waals surface area contributed by atoms with E-state index in [2.05, 4.69) is 15.1 Å². The second-order valence-electron chi connectivity index (χ2n) is 10.7. The quantitative estimate of drug-likeness (QED) is 0.325. The largest absolute Gasteiger partial charge is 0.491 e. The molecule has 1 saturated heterocycles. The van der Waals surface area contributed by atoms with E-state index in [-0.39, 0.29) is 66.2 Å². The smallest absolute Gasteiger partial charge is 0.435 e.